The topological polar surface area (TPSA) is 115 Å². The van der Waals surface area contributed by atoms with E-state index in [1.54, 1.807) is 48.5 Å². The van der Waals surface area contributed by atoms with E-state index in [0.717, 1.165) is 4.31 Å². The minimum atomic E-state index is -3.94. The summed E-state index contributed by atoms with van der Waals surface area (Å²) in [6, 6.07) is 16.2. The maximum atomic E-state index is 13.3. The first-order valence-corrected chi connectivity index (χ1v) is 9.78. The Labute approximate surface area is 160 Å². The summed E-state index contributed by atoms with van der Waals surface area (Å²) in [4.78, 5) is 12.6. The van der Waals surface area contributed by atoms with Crippen LogP contribution in [0.3, 0.4) is 0 Å². The maximum absolute atomic E-state index is 13.3. The third-order valence-corrected chi connectivity index (χ3v) is 6.64. The summed E-state index contributed by atoms with van der Waals surface area (Å²) in [5.41, 5.74) is 1.14. The van der Waals surface area contributed by atoms with Crippen molar-refractivity contribution in [2.24, 2.45) is 10.2 Å². The molecule has 0 aromatic heterocycles. The quantitative estimate of drug-likeness (QED) is 0.790. The molecule has 1 amide bonds. The van der Waals surface area contributed by atoms with Gasteiger partial charge in [-0.2, -0.15) is 5.26 Å². The number of nitriles is 1. The number of sulfonamides is 1. The Hall–Kier alpha value is -3.77. The van der Waals surface area contributed by atoms with E-state index < -0.39 is 22.0 Å². The Bertz CT molecular complexity index is 1290. The fourth-order valence-corrected chi connectivity index (χ4v) is 5.40. The van der Waals surface area contributed by atoms with Gasteiger partial charge >= 0.3 is 0 Å². The monoisotopic (exact) mass is 389 g/mol. The van der Waals surface area contributed by atoms with Crippen molar-refractivity contribution in [3.05, 3.63) is 71.3 Å². The van der Waals surface area contributed by atoms with E-state index in [4.69, 9.17) is 0 Å². The van der Waals surface area contributed by atoms with Gasteiger partial charge in [0, 0.05) is 11.1 Å². The third kappa shape index (κ3) is 2.03. The van der Waals surface area contributed by atoms with Gasteiger partial charge in [0.25, 0.3) is 15.9 Å². The van der Waals surface area contributed by atoms with Crippen LogP contribution >= 0.6 is 0 Å². The molecule has 136 valence electrons. The highest BCUT2D eigenvalue weighted by atomic mass is 32.2. The summed E-state index contributed by atoms with van der Waals surface area (Å²) in [5, 5.41) is 20.3. The number of amidine groups is 2. The van der Waals surface area contributed by atoms with E-state index in [-0.39, 0.29) is 27.7 Å². The average Bonchev–Trinajstić information content (AvgIpc) is 2.95. The second-order valence-corrected chi connectivity index (χ2v) is 8.11. The van der Waals surface area contributed by atoms with Gasteiger partial charge in [0.15, 0.2) is 11.7 Å². The van der Waals surface area contributed by atoms with Gasteiger partial charge in [-0.25, -0.2) is 12.7 Å². The first kappa shape index (κ1) is 16.4. The highest BCUT2D eigenvalue weighted by Crippen LogP contribution is 2.40. The molecule has 0 saturated carbocycles. The molecule has 1 atom stereocenters. The van der Waals surface area contributed by atoms with Crippen molar-refractivity contribution in [2.45, 2.75) is 10.9 Å². The molecule has 9 heteroatoms. The second-order valence-electron chi connectivity index (χ2n) is 6.33. The van der Waals surface area contributed by atoms with Crippen molar-refractivity contribution < 1.29 is 13.2 Å². The van der Waals surface area contributed by atoms with Crippen LogP contribution in [0.15, 0.2) is 75.3 Å². The Morgan fingerprint density at radius 3 is 2.50 bits per heavy atom. The molecule has 3 aliphatic rings. The van der Waals surface area contributed by atoms with Crippen LogP contribution in [-0.2, 0) is 14.8 Å². The predicted molar refractivity (Wildman–Crippen MR) is 100 cm³/mol. The number of hydrogen-bond donors (Lipinski definition) is 1. The van der Waals surface area contributed by atoms with Crippen LogP contribution in [0, 0.1) is 11.3 Å². The van der Waals surface area contributed by atoms with Gasteiger partial charge in [0.1, 0.15) is 17.7 Å². The fourth-order valence-electron chi connectivity index (χ4n) is 3.66. The molecule has 3 heterocycles. The number of hydrogen-bond acceptors (Lipinski definition) is 6. The summed E-state index contributed by atoms with van der Waals surface area (Å²) >= 11 is 0. The highest BCUT2D eigenvalue weighted by molar-refractivity contribution is 7.90. The lowest BCUT2D eigenvalue weighted by atomic mass is 9.89. The van der Waals surface area contributed by atoms with Crippen LogP contribution < -0.4 is 5.32 Å². The average molecular weight is 389 g/mol. The molecule has 28 heavy (non-hydrogen) atoms. The molecule has 1 N–H and O–H groups in total. The zero-order valence-electron chi connectivity index (χ0n) is 14.2. The number of nitrogens with one attached hydrogen (secondary N) is 1. The zero-order chi connectivity index (χ0) is 19.5. The molecule has 0 saturated heterocycles. The molecule has 0 fully saturated rings. The number of carbonyl (C=O) groups is 1. The Kier molecular flexibility index (Phi) is 3.29. The van der Waals surface area contributed by atoms with Gasteiger partial charge in [-0.05, 0) is 17.7 Å². The highest BCUT2D eigenvalue weighted by Gasteiger charge is 2.51. The number of fused-ring (bicyclic) bond motifs is 5. The van der Waals surface area contributed by atoms with Gasteiger partial charge in [-0.15, -0.1) is 10.2 Å². The first-order valence-electron chi connectivity index (χ1n) is 8.34. The van der Waals surface area contributed by atoms with Crippen molar-refractivity contribution in [3.63, 3.8) is 0 Å². The Morgan fingerprint density at radius 1 is 1.04 bits per heavy atom. The SMILES string of the molecule is N#CC1=C(c2ccccc2)C2C(=NN=C3c4ccccc4S(=O)(=O)N32)NC1=O. The summed E-state index contributed by atoms with van der Waals surface area (Å²) in [6.45, 7) is 0. The molecule has 3 aliphatic heterocycles. The number of benzene rings is 2. The molecule has 5 rings (SSSR count). The largest absolute Gasteiger partial charge is 0.306 e. The van der Waals surface area contributed by atoms with Gasteiger partial charge in [-0.1, -0.05) is 42.5 Å². The van der Waals surface area contributed by atoms with Crippen molar-refractivity contribution in [1.82, 2.24) is 9.62 Å². The fraction of sp³-hybridized carbons (Fsp3) is 0.0526. The van der Waals surface area contributed by atoms with E-state index in [1.807, 2.05) is 6.07 Å². The van der Waals surface area contributed by atoms with Gasteiger partial charge in [0.05, 0.1) is 4.90 Å². The van der Waals surface area contributed by atoms with Crippen molar-refractivity contribution >= 4 is 33.2 Å². The molecule has 2 aromatic rings. The van der Waals surface area contributed by atoms with Crippen LogP contribution in [0.2, 0.25) is 0 Å². The first-order chi connectivity index (χ1) is 13.5. The number of nitrogens with zero attached hydrogens (tertiary/aromatic N) is 4. The molecule has 1 unspecified atom stereocenters. The number of carbonyl (C=O) groups excluding carboxylic acids is 1. The maximum Gasteiger partial charge on any atom is 0.267 e. The van der Waals surface area contributed by atoms with Crippen LogP contribution in [0.1, 0.15) is 11.1 Å². The minimum absolute atomic E-state index is 0.0722. The molecular weight excluding hydrogens is 378 g/mol. The van der Waals surface area contributed by atoms with Crippen molar-refractivity contribution in [2.75, 3.05) is 0 Å². The summed E-state index contributed by atoms with van der Waals surface area (Å²) in [6.07, 6.45) is 0. The number of rotatable bonds is 1. The smallest absolute Gasteiger partial charge is 0.267 e. The third-order valence-electron chi connectivity index (χ3n) is 4.83. The standard InChI is InChI=1S/C19H11N5O3S/c20-10-13-15(11-6-2-1-3-7-11)16-17(21-19(13)25)22-23-18-12-8-4-5-9-14(12)28(26,27)24(16)18/h1-9,16H,(H,21,22,25). The lowest BCUT2D eigenvalue weighted by Crippen LogP contribution is -2.56. The van der Waals surface area contributed by atoms with E-state index in [9.17, 15) is 18.5 Å². The van der Waals surface area contributed by atoms with Gasteiger partial charge in [0.2, 0.25) is 0 Å². The van der Waals surface area contributed by atoms with E-state index in [2.05, 4.69) is 15.5 Å². The molecule has 0 aliphatic carbocycles. The Balaban J connectivity index is 1.82. The molecular formula is C19H11N5O3S. The second kappa shape index (κ2) is 5.61. The molecule has 2 aromatic carbocycles. The predicted octanol–water partition coefficient (Wildman–Crippen LogP) is 1.24. The summed E-state index contributed by atoms with van der Waals surface area (Å²) < 4.78 is 27.7. The van der Waals surface area contributed by atoms with Gasteiger partial charge in [-0.3, -0.25) is 4.79 Å². The molecule has 0 radical (unpaired) electrons. The summed E-state index contributed by atoms with van der Waals surface area (Å²) in [5.74, 6) is -0.390. The van der Waals surface area contributed by atoms with E-state index in [0.29, 0.717) is 11.1 Å². The molecule has 0 bridgehead atoms. The summed E-state index contributed by atoms with van der Waals surface area (Å²) in [7, 11) is -3.94. The lowest BCUT2D eigenvalue weighted by molar-refractivity contribution is -0.115. The normalized spacial score (nSPS) is 21.6. The molecule has 0 spiro atoms. The molecule has 8 nitrogen and oxygen atoms in total. The van der Waals surface area contributed by atoms with Crippen molar-refractivity contribution in [1.29, 1.82) is 5.26 Å². The van der Waals surface area contributed by atoms with E-state index in [1.165, 1.54) is 6.07 Å². The van der Waals surface area contributed by atoms with Gasteiger partial charge < -0.3 is 5.32 Å². The minimum Gasteiger partial charge on any atom is -0.306 e. The van der Waals surface area contributed by atoms with Crippen LogP contribution in [0.25, 0.3) is 5.57 Å². The van der Waals surface area contributed by atoms with E-state index >= 15 is 0 Å². The number of amides is 1. The van der Waals surface area contributed by atoms with Crippen LogP contribution in [0.5, 0.6) is 0 Å². The van der Waals surface area contributed by atoms with Crippen LogP contribution in [-0.4, -0.2) is 36.3 Å². The van der Waals surface area contributed by atoms with Crippen molar-refractivity contribution in [3.8, 4) is 6.07 Å². The zero-order valence-corrected chi connectivity index (χ0v) is 15.0. The lowest BCUT2D eigenvalue weighted by Gasteiger charge is -2.36. The Morgan fingerprint density at radius 2 is 1.75 bits per heavy atom. The van der Waals surface area contributed by atoms with Crippen LogP contribution in [0.4, 0.5) is 0 Å².